The Morgan fingerprint density at radius 2 is 2.04 bits per heavy atom. The maximum atomic E-state index is 10.9. The minimum absolute atomic E-state index is 0.123. The van der Waals surface area contributed by atoms with Crippen molar-refractivity contribution in [2.45, 2.75) is 6.54 Å². The Kier molecular flexibility index (Phi) is 4.63. The molecule has 2 aromatic heterocycles. The number of aromatic nitrogens is 2. The molecule has 1 fully saturated rings. The summed E-state index contributed by atoms with van der Waals surface area (Å²) in [5.74, 6) is 1.24. The molecule has 0 radical (unpaired) electrons. The van der Waals surface area contributed by atoms with Crippen molar-refractivity contribution in [1.29, 1.82) is 0 Å². The molecule has 0 unspecified atom stereocenters. The number of benzene rings is 1. The Labute approximate surface area is 153 Å². The van der Waals surface area contributed by atoms with E-state index in [2.05, 4.69) is 19.9 Å². The minimum Gasteiger partial charge on any atom is -0.369 e. The molecule has 1 aliphatic rings. The maximum Gasteiger partial charge on any atom is 0.271 e. The predicted molar refractivity (Wildman–Crippen MR) is 98.2 cm³/mol. The van der Waals surface area contributed by atoms with Crippen LogP contribution in [-0.2, 0) is 6.54 Å². The van der Waals surface area contributed by atoms with Crippen LogP contribution in [-0.4, -0.2) is 46.1 Å². The summed E-state index contributed by atoms with van der Waals surface area (Å²) in [5, 5.41) is 17.0. The van der Waals surface area contributed by atoms with E-state index in [1.165, 1.54) is 6.07 Å². The van der Waals surface area contributed by atoms with E-state index in [-0.39, 0.29) is 10.6 Å². The zero-order valence-corrected chi connectivity index (χ0v) is 14.8. The Hall–Kier alpha value is -2.78. The van der Waals surface area contributed by atoms with E-state index < -0.39 is 0 Å². The van der Waals surface area contributed by atoms with Crippen LogP contribution in [0.2, 0.25) is 0 Å². The van der Waals surface area contributed by atoms with Gasteiger partial charge in [0.15, 0.2) is 5.82 Å². The highest BCUT2D eigenvalue weighted by Crippen LogP contribution is 2.24. The van der Waals surface area contributed by atoms with Crippen LogP contribution < -0.4 is 4.90 Å². The van der Waals surface area contributed by atoms with Gasteiger partial charge in [-0.05, 0) is 17.5 Å². The van der Waals surface area contributed by atoms with Crippen molar-refractivity contribution in [2.24, 2.45) is 0 Å². The Balaban J connectivity index is 1.35. The zero-order valence-electron chi connectivity index (χ0n) is 13.9. The molecule has 3 aromatic rings. The molecule has 0 bridgehead atoms. The normalized spacial score (nSPS) is 15.3. The number of hydrogen-bond acceptors (Lipinski definition) is 8. The van der Waals surface area contributed by atoms with Gasteiger partial charge in [-0.2, -0.15) is 4.98 Å². The lowest BCUT2D eigenvalue weighted by atomic mass is 10.2. The lowest BCUT2D eigenvalue weighted by molar-refractivity contribution is -0.384. The smallest absolute Gasteiger partial charge is 0.271 e. The lowest BCUT2D eigenvalue weighted by Gasteiger charge is -2.35. The first-order valence-electron chi connectivity index (χ1n) is 8.27. The van der Waals surface area contributed by atoms with Gasteiger partial charge in [0.05, 0.1) is 16.3 Å². The standard InChI is InChI=1S/C17H17N5O3S/c23-22(24)14-4-1-3-13(11-14)21-8-6-20(7-9-21)12-16-18-17(25-19-16)15-5-2-10-26-15/h1-5,10-11H,6-9,12H2. The van der Waals surface area contributed by atoms with Crippen molar-refractivity contribution in [3.8, 4) is 10.8 Å². The van der Waals surface area contributed by atoms with Crippen LogP contribution in [0, 0.1) is 10.1 Å². The maximum absolute atomic E-state index is 10.9. The number of nitrogens with zero attached hydrogens (tertiary/aromatic N) is 5. The number of hydrogen-bond donors (Lipinski definition) is 0. The van der Waals surface area contributed by atoms with Gasteiger partial charge in [0.25, 0.3) is 11.6 Å². The first-order valence-corrected chi connectivity index (χ1v) is 9.15. The molecule has 0 saturated carbocycles. The number of nitro groups is 1. The van der Waals surface area contributed by atoms with Crippen LogP contribution in [0.15, 0.2) is 46.3 Å². The van der Waals surface area contributed by atoms with Gasteiger partial charge in [0.1, 0.15) is 0 Å². The number of anilines is 1. The molecule has 8 nitrogen and oxygen atoms in total. The summed E-state index contributed by atoms with van der Waals surface area (Å²) in [5.41, 5.74) is 1.01. The van der Waals surface area contributed by atoms with Gasteiger partial charge < -0.3 is 9.42 Å². The predicted octanol–water partition coefficient (Wildman–Crippen LogP) is 3.03. The number of piperazine rings is 1. The van der Waals surface area contributed by atoms with Gasteiger partial charge in [-0.3, -0.25) is 15.0 Å². The van der Waals surface area contributed by atoms with Gasteiger partial charge in [-0.25, -0.2) is 0 Å². The van der Waals surface area contributed by atoms with Crippen LogP contribution >= 0.6 is 11.3 Å². The fraction of sp³-hybridized carbons (Fsp3) is 0.294. The monoisotopic (exact) mass is 371 g/mol. The van der Waals surface area contributed by atoms with Crippen LogP contribution in [0.5, 0.6) is 0 Å². The van der Waals surface area contributed by atoms with Crippen molar-refractivity contribution in [1.82, 2.24) is 15.0 Å². The largest absolute Gasteiger partial charge is 0.369 e. The van der Waals surface area contributed by atoms with E-state index in [0.29, 0.717) is 18.3 Å². The van der Waals surface area contributed by atoms with Gasteiger partial charge in [0, 0.05) is 44.0 Å². The van der Waals surface area contributed by atoms with E-state index >= 15 is 0 Å². The molecule has 0 N–H and O–H groups in total. The second-order valence-corrected chi connectivity index (χ2v) is 6.98. The van der Waals surface area contributed by atoms with E-state index in [1.807, 2.05) is 23.6 Å². The SMILES string of the molecule is O=[N+]([O-])c1cccc(N2CCN(Cc3noc(-c4cccs4)n3)CC2)c1. The summed E-state index contributed by atoms with van der Waals surface area (Å²) in [4.78, 5) is 20.4. The average molecular weight is 371 g/mol. The average Bonchev–Trinajstić information content (AvgIpc) is 3.34. The molecular weight excluding hydrogens is 354 g/mol. The third-order valence-electron chi connectivity index (χ3n) is 4.34. The molecule has 1 aromatic carbocycles. The molecule has 3 heterocycles. The molecule has 1 saturated heterocycles. The molecule has 0 amide bonds. The van der Waals surface area contributed by atoms with Crippen molar-refractivity contribution >= 4 is 22.7 Å². The quantitative estimate of drug-likeness (QED) is 0.503. The second-order valence-electron chi connectivity index (χ2n) is 6.03. The molecule has 9 heteroatoms. The highest BCUT2D eigenvalue weighted by molar-refractivity contribution is 7.13. The van der Waals surface area contributed by atoms with E-state index in [0.717, 1.165) is 36.7 Å². The molecule has 0 spiro atoms. The number of non-ortho nitro benzene ring substituents is 1. The highest BCUT2D eigenvalue weighted by atomic mass is 32.1. The minimum atomic E-state index is -0.360. The Bertz CT molecular complexity index is 887. The third-order valence-corrected chi connectivity index (χ3v) is 5.20. The summed E-state index contributed by atoms with van der Waals surface area (Å²) in [7, 11) is 0. The van der Waals surface area contributed by atoms with Gasteiger partial charge in [-0.1, -0.05) is 17.3 Å². The van der Waals surface area contributed by atoms with Gasteiger partial charge in [-0.15, -0.1) is 11.3 Å². The zero-order chi connectivity index (χ0) is 17.9. The summed E-state index contributed by atoms with van der Waals surface area (Å²) >= 11 is 1.57. The van der Waals surface area contributed by atoms with Crippen molar-refractivity contribution in [2.75, 3.05) is 31.1 Å². The molecule has 4 rings (SSSR count). The first-order chi connectivity index (χ1) is 12.7. The summed E-state index contributed by atoms with van der Waals surface area (Å²) in [6, 6.07) is 10.7. The van der Waals surface area contributed by atoms with Crippen molar-refractivity contribution in [3.63, 3.8) is 0 Å². The van der Waals surface area contributed by atoms with E-state index in [1.54, 1.807) is 23.5 Å². The lowest BCUT2D eigenvalue weighted by Crippen LogP contribution is -2.46. The molecule has 134 valence electrons. The van der Waals surface area contributed by atoms with Gasteiger partial charge in [0.2, 0.25) is 0 Å². The highest BCUT2D eigenvalue weighted by Gasteiger charge is 2.20. The second kappa shape index (κ2) is 7.22. The fourth-order valence-corrected chi connectivity index (χ4v) is 3.63. The molecule has 26 heavy (non-hydrogen) atoms. The van der Waals surface area contributed by atoms with Crippen LogP contribution in [0.3, 0.4) is 0 Å². The number of rotatable bonds is 5. The summed E-state index contributed by atoms with van der Waals surface area (Å²) in [6.07, 6.45) is 0. The number of nitro benzene ring substituents is 1. The molecule has 0 aliphatic carbocycles. The van der Waals surface area contributed by atoms with Gasteiger partial charge >= 0.3 is 0 Å². The van der Waals surface area contributed by atoms with Crippen LogP contribution in [0.25, 0.3) is 10.8 Å². The molecule has 1 aliphatic heterocycles. The fourth-order valence-electron chi connectivity index (χ4n) is 2.99. The van der Waals surface area contributed by atoms with Crippen molar-refractivity contribution < 1.29 is 9.45 Å². The molecule has 0 atom stereocenters. The topological polar surface area (TPSA) is 88.5 Å². The van der Waals surface area contributed by atoms with E-state index in [4.69, 9.17) is 4.52 Å². The van der Waals surface area contributed by atoms with Crippen LogP contribution in [0.4, 0.5) is 11.4 Å². The van der Waals surface area contributed by atoms with Crippen LogP contribution in [0.1, 0.15) is 5.82 Å². The molecular formula is C17H17N5O3S. The third kappa shape index (κ3) is 3.58. The first kappa shape index (κ1) is 16.7. The number of thiophene rings is 1. The summed E-state index contributed by atoms with van der Waals surface area (Å²) in [6.45, 7) is 3.92. The summed E-state index contributed by atoms with van der Waals surface area (Å²) < 4.78 is 5.32. The Morgan fingerprint density at radius 3 is 2.77 bits per heavy atom. The van der Waals surface area contributed by atoms with E-state index in [9.17, 15) is 10.1 Å². The Morgan fingerprint density at radius 1 is 1.19 bits per heavy atom. The van der Waals surface area contributed by atoms with Crippen molar-refractivity contribution in [3.05, 3.63) is 57.7 Å².